The van der Waals surface area contributed by atoms with E-state index in [0.29, 0.717) is 12.6 Å². The van der Waals surface area contributed by atoms with E-state index in [2.05, 4.69) is 0 Å². The van der Waals surface area contributed by atoms with Gasteiger partial charge in [-0.05, 0) is 37.1 Å². The van der Waals surface area contributed by atoms with Gasteiger partial charge in [0.05, 0.1) is 6.54 Å². The summed E-state index contributed by atoms with van der Waals surface area (Å²) in [4.78, 5) is 28.2. The third-order valence-electron chi connectivity index (χ3n) is 3.68. The lowest BCUT2D eigenvalue weighted by molar-refractivity contribution is -0.137. The van der Waals surface area contributed by atoms with Gasteiger partial charge in [-0.2, -0.15) is 0 Å². The highest BCUT2D eigenvalue weighted by molar-refractivity contribution is 7.09. The van der Waals surface area contributed by atoms with Crippen LogP contribution in [0.1, 0.15) is 30.6 Å². The average molecular weight is 294 g/mol. The molecule has 108 valence electrons. The lowest BCUT2D eigenvalue weighted by atomic mass is 10.4. The largest absolute Gasteiger partial charge is 0.480 e. The van der Waals surface area contributed by atoms with Crippen LogP contribution in [0.3, 0.4) is 0 Å². The standard InChI is InChI=1S/C14H18N2O3S/c17-13(18)9-16(11-5-6-11)14(19)15(10-3-4-10)8-12-2-1-7-20-12/h1-2,7,10-11H,3-6,8-9H2,(H,17,18). The SMILES string of the molecule is O=C(O)CN(C(=O)N(Cc1cccs1)C1CC1)C1CC1. The van der Waals surface area contributed by atoms with Crippen LogP contribution in [0.5, 0.6) is 0 Å². The third kappa shape index (κ3) is 3.12. The highest BCUT2D eigenvalue weighted by Crippen LogP contribution is 2.33. The molecule has 0 aliphatic heterocycles. The van der Waals surface area contributed by atoms with Crippen LogP contribution < -0.4 is 0 Å². The molecule has 0 aromatic carbocycles. The molecular formula is C14H18N2O3S. The van der Waals surface area contributed by atoms with Crippen LogP contribution in [0.2, 0.25) is 0 Å². The minimum Gasteiger partial charge on any atom is -0.480 e. The number of rotatable bonds is 6. The van der Waals surface area contributed by atoms with Crippen LogP contribution in [-0.4, -0.2) is 45.5 Å². The number of hydrogen-bond acceptors (Lipinski definition) is 3. The molecule has 6 heteroatoms. The summed E-state index contributed by atoms with van der Waals surface area (Å²) in [6.07, 6.45) is 3.92. The summed E-state index contributed by atoms with van der Waals surface area (Å²) in [7, 11) is 0. The first kappa shape index (κ1) is 13.4. The Kier molecular flexibility index (Phi) is 3.65. The van der Waals surface area contributed by atoms with Gasteiger partial charge in [-0.1, -0.05) is 6.07 Å². The zero-order chi connectivity index (χ0) is 14.1. The first-order valence-electron chi connectivity index (χ1n) is 6.96. The second-order valence-electron chi connectivity index (χ2n) is 5.47. The van der Waals surface area contributed by atoms with Gasteiger partial charge < -0.3 is 14.9 Å². The number of amides is 2. The number of carbonyl (C=O) groups excluding carboxylic acids is 1. The number of carbonyl (C=O) groups is 2. The molecule has 2 amide bonds. The summed E-state index contributed by atoms with van der Waals surface area (Å²) in [5, 5.41) is 11.0. The molecule has 5 nitrogen and oxygen atoms in total. The summed E-state index contributed by atoms with van der Waals surface area (Å²) in [6, 6.07) is 4.31. The van der Waals surface area contributed by atoms with E-state index in [9.17, 15) is 9.59 Å². The van der Waals surface area contributed by atoms with Crippen molar-refractivity contribution < 1.29 is 14.7 Å². The Hall–Kier alpha value is -1.56. The van der Waals surface area contributed by atoms with E-state index < -0.39 is 5.97 Å². The highest BCUT2D eigenvalue weighted by Gasteiger charge is 2.40. The fourth-order valence-electron chi connectivity index (χ4n) is 2.36. The van der Waals surface area contributed by atoms with Crippen molar-refractivity contribution in [1.29, 1.82) is 0 Å². The Morgan fingerprint density at radius 1 is 1.20 bits per heavy atom. The molecule has 0 saturated heterocycles. The first-order valence-corrected chi connectivity index (χ1v) is 7.84. The number of carboxylic acid groups (broad SMARTS) is 1. The zero-order valence-corrected chi connectivity index (χ0v) is 12.0. The van der Waals surface area contributed by atoms with Gasteiger partial charge >= 0.3 is 12.0 Å². The molecule has 2 aliphatic carbocycles. The molecule has 2 aliphatic rings. The normalized spacial score (nSPS) is 17.8. The Morgan fingerprint density at radius 2 is 1.85 bits per heavy atom. The molecule has 3 rings (SSSR count). The van der Waals surface area contributed by atoms with Crippen LogP contribution in [0, 0.1) is 0 Å². The molecule has 2 fully saturated rings. The van der Waals surface area contributed by atoms with Crippen LogP contribution in [0.15, 0.2) is 17.5 Å². The van der Waals surface area contributed by atoms with Crippen molar-refractivity contribution in [2.45, 2.75) is 44.3 Å². The summed E-state index contributed by atoms with van der Waals surface area (Å²) in [5.41, 5.74) is 0. The van der Waals surface area contributed by atoms with Gasteiger partial charge in [0, 0.05) is 17.0 Å². The number of nitrogens with zero attached hydrogens (tertiary/aromatic N) is 2. The van der Waals surface area contributed by atoms with Gasteiger partial charge in [0.2, 0.25) is 0 Å². The summed E-state index contributed by atoms with van der Waals surface area (Å²) >= 11 is 1.63. The molecule has 1 heterocycles. The predicted molar refractivity (Wildman–Crippen MR) is 75.6 cm³/mol. The van der Waals surface area contributed by atoms with E-state index in [0.717, 1.165) is 30.6 Å². The Morgan fingerprint density at radius 3 is 2.35 bits per heavy atom. The van der Waals surface area contributed by atoms with Crippen LogP contribution in [-0.2, 0) is 11.3 Å². The maximum absolute atomic E-state index is 12.7. The fourth-order valence-corrected chi connectivity index (χ4v) is 3.06. The highest BCUT2D eigenvalue weighted by atomic mass is 32.1. The van der Waals surface area contributed by atoms with E-state index in [1.165, 1.54) is 4.90 Å². The van der Waals surface area contributed by atoms with Crippen molar-refractivity contribution in [3.8, 4) is 0 Å². The van der Waals surface area contributed by atoms with Crippen LogP contribution in [0.25, 0.3) is 0 Å². The number of carboxylic acids is 1. The first-order chi connectivity index (χ1) is 9.65. The third-order valence-corrected chi connectivity index (χ3v) is 4.54. The van der Waals surface area contributed by atoms with Crippen LogP contribution >= 0.6 is 11.3 Å². The maximum atomic E-state index is 12.7. The molecule has 0 bridgehead atoms. The van der Waals surface area contributed by atoms with Crippen molar-refractivity contribution in [3.05, 3.63) is 22.4 Å². The van der Waals surface area contributed by atoms with Crippen molar-refractivity contribution in [3.63, 3.8) is 0 Å². The lowest BCUT2D eigenvalue weighted by Gasteiger charge is -2.29. The van der Waals surface area contributed by atoms with Gasteiger partial charge in [-0.15, -0.1) is 11.3 Å². The fraction of sp³-hybridized carbons (Fsp3) is 0.571. The predicted octanol–water partition coefficient (Wildman–Crippen LogP) is 2.38. The molecule has 1 aromatic heterocycles. The Bertz CT molecular complexity index is 495. The Balaban J connectivity index is 1.71. The summed E-state index contributed by atoms with van der Waals surface area (Å²) in [5.74, 6) is -0.933. The summed E-state index contributed by atoms with van der Waals surface area (Å²) < 4.78 is 0. The molecule has 1 aromatic rings. The van der Waals surface area contributed by atoms with Gasteiger partial charge in [-0.3, -0.25) is 4.79 Å². The van der Waals surface area contributed by atoms with Crippen molar-refractivity contribution in [2.24, 2.45) is 0 Å². The minimum absolute atomic E-state index is 0.106. The number of aliphatic carboxylic acids is 1. The van der Waals surface area contributed by atoms with Gasteiger partial charge in [-0.25, -0.2) is 4.79 Å². The number of urea groups is 1. The maximum Gasteiger partial charge on any atom is 0.323 e. The number of hydrogen-bond donors (Lipinski definition) is 1. The molecular weight excluding hydrogens is 276 g/mol. The second-order valence-corrected chi connectivity index (χ2v) is 6.51. The van der Waals surface area contributed by atoms with Gasteiger partial charge in [0.1, 0.15) is 6.54 Å². The van der Waals surface area contributed by atoms with E-state index in [4.69, 9.17) is 5.11 Å². The molecule has 2 saturated carbocycles. The van der Waals surface area contributed by atoms with E-state index in [1.54, 1.807) is 11.3 Å². The monoisotopic (exact) mass is 294 g/mol. The summed E-state index contributed by atoms with van der Waals surface area (Å²) in [6.45, 7) is 0.418. The minimum atomic E-state index is -0.933. The molecule has 0 radical (unpaired) electrons. The lowest BCUT2D eigenvalue weighted by Crippen LogP contribution is -2.47. The molecule has 0 unspecified atom stereocenters. The van der Waals surface area contributed by atoms with Crippen molar-refractivity contribution in [2.75, 3.05) is 6.54 Å². The number of thiophene rings is 1. The van der Waals surface area contributed by atoms with Crippen molar-refractivity contribution in [1.82, 2.24) is 9.80 Å². The van der Waals surface area contributed by atoms with Gasteiger partial charge in [0.15, 0.2) is 0 Å². The van der Waals surface area contributed by atoms with Gasteiger partial charge in [0.25, 0.3) is 0 Å². The average Bonchev–Trinajstić information content (AvgIpc) is 3.32. The van der Waals surface area contributed by atoms with Crippen molar-refractivity contribution >= 4 is 23.3 Å². The van der Waals surface area contributed by atoms with E-state index >= 15 is 0 Å². The van der Waals surface area contributed by atoms with E-state index in [1.807, 2.05) is 22.4 Å². The Labute approximate surface area is 121 Å². The molecule has 20 heavy (non-hydrogen) atoms. The smallest absolute Gasteiger partial charge is 0.323 e. The second kappa shape index (κ2) is 5.44. The topological polar surface area (TPSA) is 60.9 Å². The quantitative estimate of drug-likeness (QED) is 0.876. The zero-order valence-electron chi connectivity index (χ0n) is 11.2. The van der Waals surface area contributed by atoms with E-state index in [-0.39, 0.29) is 18.6 Å². The molecule has 0 spiro atoms. The molecule has 0 atom stereocenters. The van der Waals surface area contributed by atoms with Crippen LogP contribution in [0.4, 0.5) is 4.79 Å². The molecule has 1 N–H and O–H groups in total.